The number of aryl methyl sites for hydroxylation is 1. The zero-order valence-electron chi connectivity index (χ0n) is 12.2. The van der Waals surface area contributed by atoms with Crippen molar-refractivity contribution in [1.82, 2.24) is 20.1 Å². The van der Waals surface area contributed by atoms with E-state index in [9.17, 15) is 4.79 Å². The number of amides is 1. The van der Waals surface area contributed by atoms with Crippen molar-refractivity contribution in [2.75, 3.05) is 13.1 Å². The van der Waals surface area contributed by atoms with Crippen LogP contribution in [0.15, 0.2) is 30.7 Å². The third-order valence-electron chi connectivity index (χ3n) is 3.37. The molecule has 3 N–H and O–H groups in total. The third-order valence-corrected chi connectivity index (χ3v) is 3.37. The van der Waals surface area contributed by atoms with Crippen molar-refractivity contribution in [3.05, 3.63) is 47.5 Å². The Morgan fingerprint density at radius 1 is 1.38 bits per heavy atom. The van der Waals surface area contributed by atoms with Gasteiger partial charge in [0.05, 0.1) is 11.8 Å². The van der Waals surface area contributed by atoms with Crippen LogP contribution >= 0.6 is 0 Å². The van der Waals surface area contributed by atoms with E-state index in [1.165, 1.54) is 0 Å². The number of hydrogen-bond acceptors (Lipinski definition) is 4. The molecule has 0 aromatic carbocycles. The van der Waals surface area contributed by atoms with Crippen LogP contribution in [0.5, 0.6) is 0 Å². The summed E-state index contributed by atoms with van der Waals surface area (Å²) in [7, 11) is 0. The summed E-state index contributed by atoms with van der Waals surface area (Å²) in [5.41, 5.74) is 8.15. The SMILES string of the molecule is Cc1c(C(=O)NCCc2ccncc2)cnn1CCCN. The molecule has 6 nitrogen and oxygen atoms in total. The summed E-state index contributed by atoms with van der Waals surface area (Å²) < 4.78 is 1.82. The second-order valence-corrected chi connectivity index (χ2v) is 4.87. The average Bonchev–Trinajstić information content (AvgIpc) is 2.87. The van der Waals surface area contributed by atoms with Crippen LogP contribution in [-0.4, -0.2) is 33.8 Å². The first-order chi connectivity index (χ1) is 10.2. The van der Waals surface area contributed by atoms with E-state index in [2.05, 4.69) is 15.4 Å². The first kappa shape index (κ1) is 15.2. The minimum absolute atomic E-state index is 0.0828. The lowest BCUT2D eigenvalue weighted by Crippen LogP contribution is -2.26. The summed E-state index contributed by atoms with van der Waals surface area (Å²) in [6.07, 6.45) is 6.76. The molecule has 21 heavy (non-hydrogen) atoms. The Hall–Kier alpha value is -2.21. The number of rotatable bonds is 7. The molecule has 2 aromatic rings. The second-order valence-electron chi connectivity index (χ2n) is 4.87. The highest BCUT2D eigenvalue weighted by Crippen LogP contribution is 2.07. The van der Waals surface area contributed by atoms with Gasteiger partial charge < -0.3 is 11.1 Å². The molecule has 0 saturated heterocycles. The summed E-state index contributed by atoms with van der Waals surface area (Å²) in [5, 5.41) is 7.15. The number of pyridine rings is 1. The molecule has 0 unspecified atom stereocenters. The number of nitrogens with one attached hydrogen (secondary N) is 1. The lowest BCUT2D eigenvalue weighted by Gasteiger charge is -2.06. The first-order valence-electron chi connectivity index (χ1n) is 7.12. The molecule has 0 bridgehead atoms. The molecule has 0 aliphatic carbocycles. The molecule has 2 aromatic heterocycles. The van der Waals surface area contributed by atoms with Gasteiger partial charge in [0, 0.05) is 31.2 Å². The van der Waals surface area contributed by atoms with Gasteiger partial charge in [0.2, 0.25) is 0 Å². The standard InChI is InChI=1S/C15H21N5O/c1-12-14(11-19-20(12)10-2-6-16)15(21)18-9-5-13-3-7-17-8-4-13/h3-4,7-8,11H,2,5-6,9-10,16H2,1H3,(H,18,21). The monoisotopic (exact) mass is 287 g/mol. The predicted octanol–water partition coefficient (Wildman–Crippen LogP) is 0.908. The fourth-order valence-electron chi connectivity index (χ4n) is 2.10. The van der Waals surface area contributed by atoms with E-state index in [4.69, 9.17) is 5.73 Å². The Balaban J connectivity index is 1.87. The van der Waals surface area contributed by atoms with Crippen LogP contribution in [0.3, 0.4) is 0 Å². The molecule has 112 valence electrons. The van der Waals surface area contributed by atoms with Crippen LogP contribution in [0.2, 0.25) is 0 Å². The van der Waals surface area contributed by atoms with E-state index in [0.717, 1.165) is 30.6 Å². The van der Waals surface area contributed by atoms with Gasteiger partial charge in [-0.15, -0.1) is 0 Å². The van der Waals surface area contributed by atoms with E-state index in [1.807, 2.05) is 23.7 Å². The molecule has 2 rings (SSSR count). The van der Waals surface area contributed by atoms with Crippen molar-refractivity contribution in [3.63, 3.8) is 0 Å². The summed E-state index contributed by atoms with van der Waals surface area (Å²) in [5.74, 6) is -0.0828. The molecule has 0 aliphatic heterocycles. The maximum atomic E-state index is 12.1. The number of carbonyl (C=O) groups excluding carboxylic acids is 1. The number of carbonyl (C=O) groups is 1. The Labute approximate surface area is 124 Å². The highest BCUT2D eigenvalue weighted by molar-refractivity contribution is 5.95. The Bertz CT molecular complexity index is 579. The zero-order valence-corrected chi connectivity index (χ0v) is 12.2. The molecular formula is C15H21N5O. The first-order valence-corrected chi connectivity index (χ1v) is 7.12. The number of nitrogens with zero attached hydrogens (tertiary/aromatic N) is 3. The molecule has 0 spiro atoms. The molecular weight excluding hydrogens is 266 g/mol. The predicted molar refractivity (Wildman–Crippen MR) is 80.9 cm³/mol. The van der Waals surface area contributed by atoms with Crippen LogP contribution in [0.25, 0.3) is 0 Å². The number of hydrogen-bond donors (Lipinski definition) is 2. The van der Waals surface area contributed by atoms with E-state index in [-0.39, 0.29) is 5.91 Å². The lowest BCUT2D eigenvalue weighted by molar-refractivity contribution is 0.0953. The van der Waals surface area contributed by atoms with Crippen LogP contribution in [-0.2, 0) is 13.0 Å². The molecule has 0 atom stereocenters. The number of nitrogens with two attached hydrogens (primary N) is 1. The Kier molecular flexibility index (Phi) is 5.45. The van der Waals surface area contributed by atoms with E-state index >= 15 is 0 Å². The summed E-state index contributed by atoms with van der Waals surface area (Å²) in [6, 6.07) is 3.89. The summed E-state index contributed by atoms with van der Waals surface area (Å²) in [4.78, 5) is 16.1. The lowest BCUT2D eigenvalue weighted by atomic mass is 10.2. The minimum atomic E-state index is -0.0828. The van der Waals surface area contributed by atoms with Gasteiger partial charge in [-0.3, -0.25) is 14.5 Å². The van der Waals surface area contributed by atoms with Crippen molar-refractivity contribution in [2.24, 2.45) is 5.73 Å². The Morgan fingerprint density at radius 3 is 2.86 bits per heavy atom. The van der Waals surface area contributed by atoms with Crippen LogP contribution < -0.4 is 11.1 Å². The molecule has 1 amide bonds. The van der Waals surface area contributed by atoms with Gasteiger partial charge in [-0.2, -0.15) is 5.10 Å². The van der Waals surface area contributed by atoms with Gasteiger partial charge in [-0.1, -0.05) is 0 Å². The van der Waals surface area contributed by atoms with Gasteiger partial charge in [-0.25, -0.2) is 0 Å². The number of aromatic nitrogens is 3. The molecule has 0 radical (unpaired) electrons. The van der Waals surface area contributed by atoms with Crippen molar-refractivity contribution in [1.29, 1.82) is 0 Å². The fraction of sp³-hybridized carbons (Fsp3) is 0.400. The quantitative estimate of drug-likeness (QED) is 0.792. The maximum absolute atomic E-state index is 12.1. The Morgan fingerprint density at radius 2 is 2.14 bits per heavy atom. The average molecular weight is 287 g/mol. The van der Waals surface area contributed by atoms with Gasteiger partial charge in [-0.05, 0) is 44.0 Å². The largest absolute Gasteiger partial charge is 0.352 e. The van der Waals surface area contributed by atoms with Crippen molar-refractivity contribution >= 4 is 5.91 Å². The topological polar surface area (TPSA) is 85.8 Å². The third kappa shape index (κ3) is 4.13. The van der Waals surface area contributed by atoms with Crippen molar-refractivity contribution in [2.45, 2.75) is 26.3 Å². The van der Waals surface area contributed by atoms with E-state index in [0.29, 0.717) is 18.7 Å². The molecule has 2 heterocycles. The van der Waals surface area contributed by atoms with Gasteiger partial charge >= 0.3 is 0 Å². The fourth-order valence-corrected chi connectivity index (χ4v) is 2.10. The molecule has 0 fully saturated rings. The van der Waals surface area contributed by atoms with Crippen LogP contribution in [0.1, 0.15) is 28.0 Å². The smallest absolute Gasteiger partial charge is 0.254 e. The van der Waals surface area contributed by atoms with Crippen LogP contribution in [0, 0.1) is 6.92 Å². The summed E-state index contributed by atoms with van der Waals surface area (Å²) >= 11 is 0. The molecule has 6 heteroatoms. The van der Waals surface area contributed by atoms with E-state index in [1.54, 1.807) is 18.6 Å². The molecule has 0 aliphatic rings. The van der Waals surface area contributed by atoms with E-state index < -0.39 is 0 Å². The normalized spacial score (nSPS) is 10.6. The highest BCUT2D eigenvalue weighted by Gasteiger charge is 2.13. The summed E-state index contributed by atoms with van der Waals surface area (Å²) in [6.45, 7) is 3.86. The second kappa shape index (κ2) is 7.54. The van der Waals surface area contributed by atoms with Gasteiger partial charge in [0.1, 0.15) is 0 Å². The van der Waals surface area contributed by atoms with Gasteiger partial charge in [0.15, 0.2) is 0 Å². The minimum Gasteiger partial charge on any atom is -0.352 e. The van der Waals surface area contributed by atoms with Crippen molar-refractivity contribution < 1.29 is 4.79 Å². The molecule has 0 saturated carbocycles. The van der Waals surface area contributed by atoms with Crippen molar-refractivity contribution in [3.8, 4) is 0 Å². The maximum Gasteiger partial charge on any atom is 0.254 e. The zero-order chi connectivity index (χ0) is 15.1. The van der Waals surface area contributed by atoms with Crippen LogP contribution in [0.4, 0.5) is 0 Å². The van der Waals surface area contributed by atoms with Gasteiger partial charge in [0.25, 0.3) is 5.91 Å². The highest BCUT2D eigenvalue weighted by atomic mass is 16.1.